The van der Waals surface area contributed by atoms with Crippen molar-refractivity contribution in [2.24, 2.45) is 18.0 Å². The highest BCUT2D eigenvalue weighted by atomic mass is 16.5. The molecule has 0 unspecified atom stereocenters. The van der Waals surface area contributed by atoms with E-state index in [2.05, 4.69) is 49.9 Å². The van der Waals surface area contributed by atoms with Gasteiger partial charge in [0, 0.05) is 31.3 Å². The molecule has 0 saturated carbocycles. The quantitative estimate of drug-likeness (QED) is 0.849. The fraction of sp³-hybridized carbons (Fsp3) is 0.562. The molecular weight excluding hydrogens is 252 g/mol. The molecular formula is C16H22N2O2. The largest absolute Gasteiger partial charge is 0.501 e. The summed E-state index contributed by atoms with van der Waals surface area (Å²) in [6.07, 6.45) is 5.14. The Morgan fingerprint density at radius 1 is 1.45 bits per heavy atom. The van der Waals surface area contributed by atoms with Crippen LogP contribution in [0.4, 0.5) is 0 Å². The van der Waals surface area contributed by atoms with E-state index in [1.807, 2.05) is 0 Å². The van der Waals surface area contributed by atoms with Crippen molar-refractivity contribution in [3.05, 3.63) is 35.9 Å². The third-order valence-corrected chi connectivity index (χ3v) is 4.11. The molecule has 1 aliphatic heterocycles. The number of ether oxygens (including phenoxy) is 2. The van der Waals surface area contributed by atoms with Crippen molar-refractivity contribution in [1.82, 2.24) is 4.57 Å². The van der Waals surface area contributed by atoms with Gasteiger partial charge in [-0.25, -0.2) is 4.99 Å². The predicted octanol–water partition coefficient (Wildman–Crippen LogP) is 2.87. The molecule has 0 aromatic carbocycles. The van der Waals surface area contributed by atoms with Gasteiger partial charge in [0.15, 0.2) is 5.90 Å². The minimum atomic E-state index is -0.107. The highest BCUT2D eigenvalue weighted by Crippen LogP contribution is 2.41. The van der Waals surface area contributed by atoms with Crippen LogP contribution in [-0.2, 0) is 16.5 Å². The second kappa shape index (κ2) is 4.69. The maximum Gasteiger partial charge on any atom is 0.188 e. The predicted molar refractivity (Wildman–Crippen MR) is 78.8 cm³/mol. The van der Waals surface area contributed by atoms with Crippen LogP contribution in [0, 0.1) is 5.92 Å². The summed E-state index contributed by atoms with van der Waals surface area (Å²) in [5.41, 5.74) is 1.17. The smallest absolute Gasteiger partial charge is 0.188 e. The number of allylic oxidation sites excluding steroid dienone is 2. The minimum Gasteiger partial charge on any atom is -0.501 e. The second-order valence-corrected chi connectivity index (χ2v) is 6.27. The van der Waals surface area contributed by atoms with E-state index in [9.17, 15) is 0 Å². The van der Waals surface area contributed by atoms with Gasteiger partial charge in [0.25, 0.3) is 0 Å². The SMILES string of the molecule is COC1=C[C@H](c2cccn2C)[C@H](C2=NC(C)(C)CO2)C1. The molecule has 0 N–H and O–H groups in total. The number of rotatable bonds is 3. The standard InChI is InChI=1S/C16H22N2O2/c1-16(2)10-20-15(17-16)13-9-11(19-4)8-12(13)14-6-5-7-18(14)3/h5-8,12-13H,9-10H2,1-4H3/t12-,13+/m0/s1. The van der Waals surface area contributed by atoms with Crippen LogP contribution < -0.4 is 0 Å². The molecule has 3 rings (SSSR count). The maximum atomic E-state index is 5.86. The van der Waals surface area contributed by atoms with E-state index >= 15 is 0 Å². The van der Waals surface area contributed by atoms with E-state index in [4.69, 9.17) is 14.5 Å². The van der Waals surface area contributed by atoms with Crippen LogP contribution in [0.1, 0.15) is 31.9 Å². The van der Waals surface area contributed by atoms with Crippen LogP contribution in [0.15, 0.2) is 35.2 Å². The first-order valence-corrected chi connectivity index (χ1v) is 7.08. The first kappa shape index (κ1) is 13.3. The highest BCUT2D eigenvalue weighted by Gasteiger charge is 2.39. The molecule has 2 heterocycles. The molecule has 1 aromatic rings. The Hall–Kier alpha value is -1.71. The Balaban J connectivity index is 1.93. The Labute approximate surface area is 120 Å². The van der Waals surface area contributed by atoms with Gasteiger partial charge in [-0.15, -0.1) is 0 Å². The summed E-state index contributed by atoms with van der Waals surface area (Å²) in [7, 11) is 3.81. The molecule has 1 aromatic heterocycles. The molecule has 1 aliphatic carbocycles. The lowest BCUT2D eigenvalue weighted by atomic mass is 9.92. The van der Waals surface area contributed by atoms with Crippen molar-refractivity contribution in [3.63, 3.8) is 0 Å². The van der Waals surface area contributed by atoms with E-state index in [1.165, 1.54) is 5.69 Å². The number of aromatic nitrogens is 1. The molecule has 0 amide bonds. The van der Waals surface area contributed by atoms with Crippen LogP contribution in [0.5, 0.6) is 0 Å². The van der Waals surface area contributed by atoms with Gasteiger partial charge in [-0.05, 0) is 32.1 Å². The van der Waals surface area contributed by atoms with Gasteiger partial charge in [0.1, 0.15) is 6.61 Å². The van der Waals surface area contributed by atoms with Crippen LogP contribution in [0.25, 0.3) is 0 Å². The molecule has 108 valence electrons. The fourth-order valence-corrected chi connectivity index (χ4v) is 3.04. The minimum absolute atomic E-state index is 0.107. The third kappa shape index (κ3) is 2.23. The molecule has 0 saturated heterocycles. The molecule has 0 spiro atoms. The Morgan fingerprint density at radius 2 is 2.25 bits per heavy atom. The molecule has 0 bridgehead atoms. The van der Waals surface area contributed by atoms with E-state index in [-0.39, 0.29) is 17.4 Å². The van der Waals surface area contributed by atoms with Gasteiger partial charge in [-0.1, -0.05) is 0 Å². The van der Waals surface area contributed by atoms with Crippen LogP contribution in [0.2, 0.25) is 0 Å². The van der Waals surface area contributed by atoms with E-state index < -0.39 is 0 Å². The fourth-order valence-electron chi connectivity index (χ4n) is 3.04. The van der Waals surface area contributed by atoms with Crippen molar-refractivity contribution >= 4 is 5.90 Å². The van der Waals surface area contributed by atoms with Crippen molar-refractivity contribution < 1.29 is 9.47 Å². The first-order chi connectivity index (χ1) is 9.50. The van der Waals surface area contributed by atoms with Crippen molar-refractivity contribution in [1.29, 1.82) is 0 Å². The molecule has 4 heteroatoms. The number of aliphatic imine (C=N–C) groups is 1. The Bertz CT molecular complexity index is 569. The van der Waals surface area contributed by atoms with E-state index in [0.717, 1.165) is 18.1 Å². The number of aryl methyl sites for hydroxylation is 1. The number of hydrogen-bond donors (Lipinski definition) is 0. The average molecular weight is 274 g/mol. The highest BCUT2D eigenvalue weighted by molar-refractivity contribution is 5.83. The zero-order valence-electron chi connectivity index (χ0n) is 12.6. The Kier molecular flexibility index (Phi) is 3.11. The lowest BCUT2D eigenvalue weighted by Crippen LogP contribution is -2.20. The number of hydrogen-bond acceptors (Lipinski definition) is 3. The summed E-state index contributed by atoms with van der Waals surface area (Å²) in [5, 5.41) is 0. The van der Waals surface area contributed by atoms with Gasteiger partial charge in [0.05, 0.1) is 24.3 Å². The van der Waals surface area contributed by atoms with Gasteiger partial charge in [-0.2, -0.15) is 0 Å². The third-order valence-electron chi connectivity index (χ3n) is 4.11. The van der Waals surface area contributed by atoms with Gasteiger partial charge in [-0.3, -0.25) is 0 Å². The number of nitrogens with zero attached hydrogens (tertiary/aromatic N) is 2. The van der Waals surface area contributed by atoms with Gasteiger partial charge in [0.2, 0.25) is 0 Å². The summed E-state index contributed by atoms with van der Waals surface area (Å²) >= 11 is 0. The monoisotopic (exact) mass is 274 g/mol. The maximum absolute atomic E-state index is 5.86. The Morgan fingerprint density at radius 3 is 2.80 bits per heavy atom. The van der Waals surface area contributed by atoms with Gasteiger partial charge < -0.3 is 14.0 Å². The van der Waals surface area contributed by atoms with Crippen LogP contribution in [0.3, 0.4) is 0 Å². The topological polar surface area (TPSA) is 35.8 Å². The first-order valence-electron chi connectivity index (χ1n) is 7.08. The van der Waals surface area contributed by atoms with E-state index in [0.29, 0.717) is 6.61 Å². The van der Waals surface area contributed by atoms with E-state index in [1.54, 1.807) is 7.11 Å². The molecule has 0 radical (unpaired) electrons. The molecule has 4 nitrogen and oxygen atoms in total. The second-order valence-electron chi connectivity index (χ2n) is 6.27. The van der Waals surface area contributed by atoms with Crippen molar-refractivity contribution in [3.8, 4) is 0 Å². The summed E-state index contributed by atoms with van der Waals surface area (Å²) in [6.45, 7) is 4.88. The zero-order valence-corrected chi connectivity index (χ0v) is 12.6. The lowest BCUT2D eigenvalue weighted by Gasteiger charge is -2.19. The normalized spacial score (nSPS) is 28.0. The molecule has 20 heavy (non-hydrogen) atoms. The van der Waals surface area contributed by atoms with Gasteiger partial charge >= 0.3 is 0 Å². The molecule has 0 fully saturated rings. The summed E-state index contributed by atoms with van der Waals surface area (Å²) in [6, 6.07) is 4.24. The summed E-state index contributed by atoms with van der Waals surface area (Å²) < 4.78 is 13.5. The number of methoxy groups -OCH3 is 1. The lowest BCUT2D eigenvalue weighted by molar-refractivity contribution is 0.253. The summed E-state index contributed by atoms with van der Waals surface area (Å²) in [5.74, 6) is 2.43. The summed E-state index contributed by atoms with van der Waals surface area (Å²) in [4.78, 5) is 4.76. The zero-order chi connectivity index (χ0) is 14.3. The van der Waals surface area contributed by atoms with Crippen LogP contribution >= 0.6 is 0 Å². The van der Waals surface area contributed by atoms with Crippen LogP contribution in [-0.4, -0.2) is 29.7 Å². The average Bonchev–Trinajstić information content (AvgIpc) is 3.06. The van der Waals surface area contributed by atoms with Crippen molar-refractivity contribution in [2.75, 3.05) is 13.7 Å². The van der Waals surface area contributed by atoms with Crippen molar-refractivity contribution in [2.45, 2.75) is 31.7 Å². The molecule has 2 atom stereocenters. The molecule has 2 aliphatic rings.